The fourth-order valence-corrected chi connectivity index (χ4v) is 3.72. The number of hydrogen-bond donors (Lipinski definition) is 2. The molecule has 0 bridgehead atoms. The highest BCUT2D eigenvalue weighted by Gasteiger charge is 2.24. The molecule has 2 aromatic rings. The molecule has 8 heteroatoms. The van der Waals surface area contributed by atoms with Crippen LogP contribution in [0, 0.1) is 5.82 Å². The third-order valence-corrected chi connectivity index (χ3v) is 5.13. The van der Waals surface area contributed by atoms with Crippen molar-refractivity contribution >= 4 is 46.4 Å². The number of halogens is 3. The number of anilines is 2. The number of carbonyl (C=O) groups is 2. The van der Waals surface area contributed by atoms with Crippen LogP contribution in [0.5, 0.6) is 0 Å². The summed E-state index contributed by atoms with van der Waals surface area (Å²) < 4.78 is 14.3. The Balaban J connectivity index is 1.57. The molecular formula is C20H20Cl2FN3O2. The average Bonchev–Trinajstić information content (AvgIpc) is 3.05. The van der Waals surface area contributed by atoms with Crippen LogP contribution in [-0.4, -0.2) is 24.9 Å². The zero-order chi connectivity index (χ0) is 20.3. The van der Waals surface area contributed by atoms with E-state index in [2.05, 4.69) is 10.6 Å². The van der Waals surface area contributed by atoms with Crippen LogP contribution in [0.2, 0.25) is 10.0 Å². The first kappa shape index (κ1) is 20.4. The lowest BCUT2D eigenvalue weighted by atomic mass is 10.1. The number of hydrogen-bond acceptors (Lipinski definition) is 3. The first-order valence-electron chi connectivity index (χ1n) is 8.93. The molecule has 0 aliphatic carbocycles. The van der Waals surface area contributed by atoms with Crippen molar-refractivity contribution in [2.24, 2.45) is 0 Å². The van der Waals surface area contributed by atoms with E-state index >= 15 is 0 Å². The monoisotopic (exact) mass is 423 g/mol. The predicted molar refractivity (Wildman–Crippen MR) is 109 cm³/mol. The minimum absolute atomic E-state index is 0.0308. The second-order valence-corrected chi connectivity index (χ2v) is 7.47. The maximum atomic E-state index is 14.3. The van der Waals surface area contributed by atoms with Gasteiger partial charge in [0.25, 0.3) is 0 Å². The van der Waals surface area contributed by atoms with Crippen LogP contribution in [0.25, 0.3) is 0 Å². The Hall–Kier alpha value is -2.31. The van der Waals surface area contributed by atoms with E-state index in [0.717, 1.165) is 12.0 Å². The van der Waals surface area contributed by atoms with Crippen LogP contribution in [-0.2, 0) is 9.59 Å². The van der Waals surface area contributed by atoms with Crippen molar-refractivity contribution in [1.82, 2.24) is 5.32 Å². The minimum atomic E-state index is -0.498. The molecular weight excluding hydrogens is 404 g/mol. The van der Waals surface area contributed by atoms with Crippen molar-refractivity contribution < 1.29 is 14.0 Å². The number of benzene rings is 2. The van der Waals surface area contributed by atoms with Gasteiger partial charge in [0, 0.05) is 28.7 Å². The first-order valence-corrected chi connectivity index (χ1v) is 9.69. The van der Waals surface area contributed by atoms with E-state index in [1.807, 2.05) is 6.92 Å². The number of amides is 2. The zero-order valence-electron chi connectivity index (χ0n) is 15.3. The largest absolute Gasteiger partial charge is 0.376 e. The molecule has 148 valence electrons. The fraction of sp³-hybridized carbons (Fsp3) is 0.300. The molecule has 3 rings (SSSR count). The molecule has 1 atom stereocenters. The highest BCUT2D eigenvalue weighted by atomic mass is 35.5. The van der Waals surface area contributed by atoms with E-state index in [1.165, 1.54) is 11.0 Å². The molecule has 1 unspecified atom stereocenters. The van der Waals surface area contributed by atoms with Gasteiger partial charge in [-0.05, 0) is 49.2 Å². The smallest absolute Gasteiger partial charge is 0.239 e. The van der Waals surface area contributed by atoms with Crippen molar-refractivity contribution in [2.75, 3.05) is 23.3 Å². The third-order valence-electron chi connectivity index (χ3n) is 4.57. The van der Waals surface area contributed by atoms with Gasteiger partial charge < -0.3 is 15.5 Å². The predicted octanol–water partition coefficient (Wildman–Crippen LogP) is 4.55. The third kappa shape index (κ3) is 4.75. The van der Waals surface area contributed by atoms with Gasteiger partial charge in [0.05, 0.1) is 18.3 Å². The Bertz CT molecular complexity index is 907. The molecule has 5 nitrogen and oxygen atoms in total. The lowest BCUT2D eigenvalue weighted by Gasteiger charge is -2.18. The molecule has 28 heavy (non-hydrogen) atoms. The van der Waals surface area contributed by atoms with Crippen LogP contribution >= 0.6 is 23.2 Å². The number of carbonyl (C=O) groups excluding carboxylic acids is 2. The van der Waals surface area contributed by atoms with E-state index < -0.39 is 5.82 Å². The van der Waals surface area contributed by atoms with Gasteiger partial charge in [0.1, 0.15) is 5.82 Å². The maximum absolute atomic E-state index is 14.3. The van der Waals surface area contributed by atoms with Crippen molar-refractivity contribution in [3.8, 4) is 0 Å². The fourth-order valence-electron chi connectivity index (χ4n) is 3.14. The van der Waals surface area contributed by atoms with Gasteiger partial charge in [-0.25, -0.2) is 4.39 Å². The van der Waals surface area contributed by atoms with Gasteiger partial charge in [-0.1, -0.05) is 29.3 Å². The summed E-state index contributed by atoms with van der Waals surface area (Å²) in [7, 11) is 0. The molecule has 2 aromatic carbocycles. The van der Waals surface area contributed by atoms with Crippen LogP contribution in [0.3, 0.4) is 0 Å². The standard InChI is InChI=1S/C20H20Cl2FN3O2/c1-12(15-6-4-13(21)9-16(15)22)25-19(27)11-24-14-5-7-18(17(23)10-14)26-8-2-3-20(26)28/h4-7,9-10,12,24H,2-3,8,11H2,1H3,(H,25,27). The molecule has 0 spiro atoms. The van der Waals surface area contributed by atoms with Gasteiger partial charge in [0.15, 0.2) is 0 Å². The van der Waals surface area contributed by atoms with Crippen LogP contribution in [0.1, 0.15) is 31.4 Å². The molecule has 1 aliphatic rings. The topological polar surface area (TPSA) is 61.4 Å². The Morgan fingerprint density at radius 3 is 2.68 bits per heavy atom. The molecule has 0 radical (unpaired) electrons. The Labute approximate surface area is 172 Å². The van der Waals surface area contributed by atoms with Crippen LogP contribution < -0.4 is 15.5 Å². The molecule has 1 saturated heterocycles. The van der Waals surface area contributed by atoms with Crippen LogP contribution in [0.15, 0.2) is 36.4 Å². The molecule has 0 aromatic heterocycles. The molecule has 2 amide bonds. The first-order chi connectivity index (χ1) is 13.3. The van der Waals surface area contributed by atoms with E-state index in [4.69, 9.17) is 23.2 Å². The molecule has 1 fully saturated rings. The summed E-state index contributed by atoms with van der Waals surface area (Å²) in [6.07, 6.45) is 1.17. The van der Waals surface area contributed by atoms with Gasteiger partial charge in [-0.3, -0.25) is 9.59 Å². The van der Waals surface area contributed by atoms with E-state index in [9.17, 15) is 14.0 Å². The highest BCUT2D eigenvalue weighted by Crippen LogP contribution is 2.27. The summed E-state index contributed by atoms with van der Waals surface area (Å²) in [4.78, 5) is 25.4. The lowest BCUT2D eigenvalue weighted by molar-refractivity contribution is -0.120. The minimum Gasteiger partial charge on any atom is -0.376 e. The molecule has 1 heterocycles. The van der Waals surface area contributed by atoms with Gasteiger partial charge >= 0.3 is 0 Å². The summed E-state index contributed by atoms with van der Waals surface area (Å²) in [6.45, 7) is 2.31. The summed E-state index contributed by atoms with van der Waals surface area (Å²) in [5.74, 6) is -0.839. The second-order valence-electron chi connectivity index (χ2n) is 6.62. The Morgan fingerprint density at radius 1 is 1.25 bits per heavy atom. The normalized spacial score (nSPS) is 14.9. The summed E-state index contributed by atoms with van der Waals surface area (Å²) in [5, 5.41) is 6.71. The lowest BCUT2D eigenvalue weighted by Crippen LogP contribution is -2.32. The van der Waals surface area contributed by atoms with Gasteiger partial charge in [-0.15, -0.1) is 0 Å². The Morgan fingerprint density at radius 2 is 2.04 bits per heavy atom. The maximum Gasteiger partial charge on any atom is 0.239 e. The number of nitrogens with one attached hydrogen (secondary N) is 2. The highest BCUT2D eigenvalue weighted by molar-refractivity contribution is 6.35. The van der Waals surface area contributed by atoms with Crippen LogP contribution in [0.4, 0.5) is 15.8 Å². The van der Waals surface area contributed by atoms with Crippen molar-refractivity contribution in [3.05, 3.63) is 57.8 Å². The van der Waals surface area contributed by atoms with Crippen molar-refractivity contribution in [1.29, 1.82) is 0 Å². The Kier molecular flexibility index (Phi) is 6.42. The van der Waals surface area contributed by atoms with E-state index in [0.29, 0.717) is 28.7 Å². The van der Waals surface area contributed by atoms with Gasteiger partial charge in [-0.2, -0.15) is 0 Å². The number of nitrogens with zero attached hydrogens (tertiary/aromatic N) is 1. The number of rotatable bonds is 6. The quantitative estimate of drug-likeness (QED) is 0.716. The van der Waals surface area contributed by atoms with Crippen molar-refractivity contribution in [2.45, 2.75) is 25.8 Å². The molecule has 2 N–H and O–H groups in total. The zero-order valence-corrected chi connectivity index (χ0v) is 16.8. The van der Waals surface area contributed by atoms with E-state index in [1.54, 1.807) is 30.3 Å². The summed E-state index contributed by atoms with van der Waals surface area (Å²) in [6, 6.07) is 9.27. The molecule has 0 saturated carbocycles. The SMILES string of the molecule is CC(NC(=O)CNc1ccc(N2CCCC2=O)c(F)c1)c1ccc(Cl)cc1Cl. The summed E-state index contributed by atoms with van der Waals surface area (Å²) in [5.41, 5.74) is 1.48. The van der Waals surface area contributed by atoms with Gasteiger partial charge in [0.2, 0.25) is 11.8 Å². The second kappa shape index (κ2) is 8.80. The summed E-state index contributed by atoms with van der Waals surface area (Å²) >= 11 is 12.0. The molecule has 1 aliphatic heterocycles. The van der Waals surface area contributed by atoms with Crippen molar-refractivity contribution in [3.63, 3.8) is 0 Å². The average molecular weight is 424 g/mol. The van der Waals surface area contributed by atoms with E-state index in [-0.39, 0.29) is 30.1 Å².